The normalized spacial score (nSPS) is 21.1. The molecule has 6 heteroatoms. The zero-order valence-electron chi connectivity index (χ0n) is 12.0. The Balaban J connectivity index is 2.25. The van der Waals surface area contributed by atoms with Crippen LogP contribution >= 0.6 is 0 Å². The predicted octanol–water partition coefficient (Wildman–Crippen LogP) is 2.72. The molecule has 1 N–H and O–H groups in total. The average Bonchev–Trinajstić information content (AvgIpc) is 2.37. The molecule has 0 amide bonds. The van der Waals surface area contributed by atoms with E-state index in [4.69, 9.17) is 0 Å². The molecular weight excluding hydrogens is 267 g/mol. The van der Waals surface area contributed by atoms with Crippen LogP contribution in [0.5, 0.6) is 0 Å². The van der Waals surface area contributed by atoms with Gasteiger partial charge < -0.3 is 10.2 Å². The summed E-state index contributed by atoms with van der Waals surface area (Å²) in [5.74, 6) is 0. The minimum absolute atomic E-state index is 0.0788. The van der Waals surface area contributed by atoms with E-state index in [9.17, 15) is 13.2 Å². The van der Waals surface area contributed by atoms with Crippen molar-refractivity contribution < 1.29 is 13.2 Å². The fourth-order valence-corrected chi connectivity index (χ4v) is 2.31. The van der Waals surface area contributed by atoms with Crippen molar-refractivity contribution in [2.24, 2.45) is 0 Å². The van der Waals surface area contributed by atoms with Crippen molar-refractivity contribution in [2.75, 3.05) is 24.5 Å². The molecule has 1 atom stereocenters. The standard InChI is InChI=1S/C14H20F3N3/c1-13(2,3)11-5-4-10(8-19-11)20-7-6-18-9-12(20)14(15,16)17/h4-5,8,12,18H,6-7,9H2,1-3H3/t12-/m0/s1. The van der Waals surface area contributed by atoms with Gasteiger partial charge >= 0.3 is 6.18 Å². The van der Waals surface area contributed by atoms with Gasteiger partial charge in [0.05, 0.1) is 11.9 Å². The first kappa shape index (κ1) is 15.1. The van der Waals surface area contributed by atoms with Crippen LogP contribution < -0.4 is 10.2 Å². The molecule has 0 radical (unpaired) electrons. The van der Waals surface area contributed by atoms with Crippen LogP contribution in [-0.2, 0) is 5.41 Å². The summed E-state index contributed by atoms with van der Waals surface area (Å²) in [6.45, 7) is 6.88. The maximum Gasteiger partial charge on any atom is 0.409 e. The molecule has 0 aromatic carbocycles. The fraction of sp³-hybridized carbons (Fsp3) is 0.643. The number of nitrogens with one attached hydrogen (secondary N) is 1. The third-order valence-corrected chi connectivity index (χ3v) is 3.47. The first-order chi connectivity index (χ1) is 9.19. The second kappa shape index (κ2) is 5.24. The number of rotatable bonds is 1. The predicted molar refractivity (Wildman–Crippen MR) is 73.0 cm³/mol. The van der Waals surface area contributed by atoms with Crippen molar-refractivity contribution in [3.8, 4) is 0 Å². The van der Waals surface area contributed by atoms with Crippen LogP contribution in [0.2, 0.25) is 0 Å². The minimum atomic E-state index is -4.24. The molecule has 1 aliphatic rings. The average molecular weight is 287 g/mol. The van der Waals surface area contributed by atoms with Gasteiger partial charge in [0.25, 0.3) is 0 Å². The highest BCUT2D eigenvalue weighted by atomic mass is 19.4. The molecule has 1 aromatic heterocycles. The van der Waals surface area contributed by atoms with Crippen molar-refractivity contribution >= 4 is 5.69 Å². The number of nitrogens with zero attached hydrogens (tertiary/aromatic N) is 2. The number of piperazine rings is 1. The molecule has 1 aliphatic heterocycles. The van der Waals surface area contributed by atoms with E-state index < -0.39 is 12.2 Å². The summed E-state index contributed by atoms with van der Waals surface area (Å²) < 4.78 is 39.1. The van der Waals surface area contributed by atoms with Gasteiger partial charge in [0, 0.05) is 30.7 Å². The van der Waals surface area contributed by atoms with Crippen molar-refractivity contribution in [3.63, 3.8) is 0 Å². The lowest BCUT2D eigenvalue weighted by Crippen LogP contribution is -2.58. The van der Waals surface area contributed by atoms with Gasteiger partial charge in [0.2, 0.25) is 0 Å². The molecule has 0 aliphatic carbocycles. The summed E-state index contributed by atoms with van der Waals surface area (Å²) >= 11 is 0. The third-order valence-electron chi connectivity index (χ3n) is 3.47. The van der Waals surface area contributed by atoms with Crippen LogP contribution in [-0.4, -0.2) is 36.8 Å². The number of halogens is 3. The molecule has 0 spiro atoms. The molecule has 0 unspecified atom stereocenters. The Hall–Kier alpha value is -1.30. The molecule has 1 aromatic rings. The Morgan fingerprint density at radius 2 is 1.95 bits per heavy atom. The number of hydrogen-bond donors (Lipinski definition) is 1. The Labute approximate surface area is 117 Å². The monoisotopic (exact) mass is 287 g/mol. The second-order valence-electron chi connectivity index (χ2n) is 6.11. The molecule has 2 rings (SSSR count). The molecule has 0 saturated carbocycles. The molecule has 1 saturated heterocycles. The highest BCUT2D eigenvalue weighted by Crippen LogP contribution is 2.30. The maximum atomic E-state index is 13.0. The summed E-state index contributed by atoms with van der Waals surface area (Å²) in [5, 5.41) is 2.79. The Kier molecular flexibility index (Phi) is 3.95. The maximum absolute atomic E-state index is 13.0. The van der Waals surface area contributed by atoms with Gasteiger partial charge in [-0.3, -0.25) is 4.98 Å². The lowest BCUT2D eigenvalue weighted by molar-refractivity contribution is -0.149. The number of pyridine rings is 1. The summed E-state index contributed by atoms with van der Waals surface area (Å²) in [7, 11) is 0. The van der Waals surface area contributed by atoms with Crippen LogP contribution in [0.4, 0.5) is 18.9 Å². The van der Waals surface area contributed by atoms with Crippen LogP contribution in [0.1, 0.15) is 26.5 Å². The van der Waals surface area contributed by atoms with Crippen LogP contribution in [0.25, 0.3) is 0 Å². The van der Waals surface area contributed by atoms with Crippen molar-refractivity contribution in [1.29, 1.82) is 0 Å². The molecule has 2 heterocycles. The van der Waals surface area contributed by atoms with E-state index in [-0.39, 0.29) is 12.0 Å². The fourth-order valence-electron chi connectivity index (χ4n) is 2.31. The lowest BCUT2D eigenvalue weighted by atomic mass is 9.91. The minimum Gasteiger partial charge on any atom is -0.356 e. The van der Waals surface area contributed by atoms with Crippen molar-refractivity contribution in [2.45, 2.75) is 38.4 Å². The van der Waals surface area contributed by atoms with Gasteiger partial charge in [0.1, 0.15) is 6.04 Å². The van der Waals surface area contributed by atoms with Crippen LogP contribution in [0.15, 0.2) is 18.3 Å². The van der Waals surface area contributed by atoms with E-state index in [1.807, 2.05) is 26.8 Å². The van der Waals surface area contributed by atoms with Crippen LogP contribution in [0, 0.1) is 0 Å². The highest BCUT2D eigenvalue weighted by molar-refractivity contribution is 5.47. The molecule has 0 bridgehead atoms. The summed E-state index contributed by atoms with van der Waals surface area (Å²) in [6, 6.07) is 2.06. The smallest absolute Gasteiger partial charge is 0.356 e. The molecule has 3 nitrogen and oxygen atoms in total. The van der Waals surface area contributed by atoms with E-state index in [0.29, 0.717) is 18.8 Å². The zero-order valence-corrected chi connectivity index (χ0v) is 12.0. The van der Waals surface area contributed by atoms with E-state index in [1.165, 1.54) is 4.90 Å². The Morgan fingerprint density at radius 3 is 2.45 bits per heavy atom. The van der Waals surface area contributed by atoms with E-state index in [0.717, 1.165) is 5.69 Å². The number of aromatic nitrogens is 1. The third kappa shape index (κ3) is 3.23. The van der Waals surface area contributed by atoms with Gasteiger partial charge in [-0.25, -0.2) is 0 Å². The zero-order chi connectivity index (χ0) is 15.0. The SMILES string of the molecule is CC(C)(C)c1ccc(N2CCNC[C@H]2C(F)(F)F)cn1. The summed E-state index contributed by atoms with van der Waals surface area (Å²) in [4.78, 5) is 5.70. The first-order valence-corrected chi connectivity index (χ1v) is 6.70. The second-order valence-corrected chi connectivity index (χ2v) is 6.11. The van der Waals surface area contributed by atoms with E-state index in [2.05, 4.69) is 10.3 Å². The first-order valence-electron chi connectivity index (χ1n) is 6.70. The van der Waals surface area contributed by atoms with E-state index in [1.54, 1.807) is 12.3 Å². The molecular formula is C14H20F3N3. The molecule has 20 heavy (non-hydrogen) atoms. The van der Waals surface area contributed by atoms with Gasteiger partial charge in [-0.15, -0.1) is 0 Å². The van der Waals surface area contributed by atoms with Gasteiger partial charge in [-0.1, -0.05) is 20.8 Å². The highest BCUT2D eigenvalue weighted by Gasteiger charge is 2.44. The number of alkyl halides is 3. The topological polar surface area (TPSA) is 28.2 Å². The van der Waals surface area contributed by atoms with Crippen molar-refractivity contribution in [1.82, 2.24) is 10.3 Å². The van der Waals surface area contributed by atoms with Gasteiger partial charge in [-0.2, -0.15) is 13.2 Å². The van der Waals surface area contributed by atoms with Gasteiger partial charge in [0.15, 0.2) is 0 Å². The Morgan fingerprint density at radius 1 is 1.25 bits per heavy atom. The largest absolute Gasteiger partial charge is 0.409 e. The quantitative estimate of drug-likeness (QED) is 0.861. The van der Waals surface area contributed by atoms with Crippen LogP contribution in [0.3, 0.4) is 0 Å². The Bertz CT molecular complexity index is 448. The number of anilines is 1. The summed E-state index contributed by atoms with van der Waals surface area (Å²) in [5.41, 5.74) is 1.30. The van der Waals surface area contributed by atoms with E-state index >= 15 is 0 Å². The number of hydrogen-bond acceptors (Lipinski definition) is 3. The molecule has 112 valence electrons. The van der Waals surface area contributed by atoms with Crippen molar-refractivity contribution in [3.05, 3.63) is 24.0 Å². The molecule has 1 fully saturated rings. The lowest BCUT2D eigenvalue weighted by Gasteiger charge is -2.38. The van der Waals surface area contributed by atoms with Gasteiger partial charge in [-0.05, 0) is 12.1 Å². The summed E-state index contributed by atoms with van der Waals surface area (Å²) in [6.07, 6.45) is -2.69.